The van der Waals surface area contributed by atoms with Crippen LogP contribution in [0.3, 0.4) is 0 Å². The van der Waals surface area contributed by atoms with Gasteiger partial charge in [-0.25, -0.2) is 0 Å². The summed E-state index contributed by atoms with van der Waals surface area (Å²) >= 11 is 0. The van der Waals surface area contributed by atoms with Gasteiger partial charge in [0.25, 0.3) is 0 Å². The Labute approximate surface area is 177 Å². The molecule has 0 saturated carbocycles. The highest BCUT2D eigenvalue weighted by molar-refractivity contribution is 5.78. The number of benzene rings is 4. The molecule has 0 atom stereocenters. The fourth-order valence-electron chi connectivity index (χ4n) is 3.73. The van der Waals surface area contributed by atoms with Crippen molar-refractivity contribution in [3.8, 4) is 33.8 Å². The van der Waals surface area contributed by atoms with Gasteiger partial charge in [0.2, 0.25) is 0 Å². The molecule has 0 aliphatic carbocycles. The number of hydrogen-bond acceptors (Lipinski definition) is 2. The van der Waals surface area contributed by atoms with Crippen molar-refractivity contribution in [2.24, 2.45) is 0 Å². The molecule has 146 valence electrons. The van der Waals surface area contributed by atoms with Gasteiger partial charge in [-0.05, 0) is 58.2 Å². The molecule has 2 heteroatoms. The number of ether oxygens (including phenoxy) is 2. The summed E-state index contributed by atoms with van der Waals surface area (Å²) in [6.07, 6.45) is 2.11. The van der Waals surface area contributed by atoms with Crippen LogP contribution in [-0.4, -0.2) is 13.2 Å². The van der Waals surface area contributed by atoms with E-state index in [1.54, 1.807) is 0 Å². The molecule has 0 aromatic heterocycles. The van der Waals surface area contributed by atoms with Gasteiger partial charge in [0.1, 0.15) is 24.7 Å². The zero-order valence-corrected chi connectivity index (χ0v) is 16.6. The van der Waals surface area contributed by atoms with Crippen LogP contribution in [0.15, 0.2) is 109 Å². The molecule has 0 saturated heterocycles. The topological polar surface area (TPSA) is 18.5 Å². The van der Waals surface area contributed by atoms with E-state index in [1.807, 2.05) is 24.3 Å². The van der Waals surface area contributed by atoms with Crippen molar-refractivity contribution in [1.82, 2.24) is 0 Å². The SMILES string of the molecule is C1=C(COc2ccc(-c3ccccc3)cc2)c2cc(-c3ccccc3)ccc2OC1. The highest BCUT2D eigenvalue weighted by Gasteiger charge is 2.15. The third kappa shape index (κ3) is 3.85. The zero-order valence-electron chi connectivity index (χ0n) is 16.6. The lowest BCUT2D eigenvalue weighted by atomic mass is 9.97. The predicted molar refractivity (Wildman–Crippen MR) is 123 cm³/mol. The van der Waals surface area contributed by atoms with Crippen molar-refractivity contribution >= 4 is 5.57 Å². The Hall–Kier alpha value is -3.78. The maximum atomic E-state index is 6.11. The first-order valence-corrected chi connectivity index (χ1v) is 10.2. The van der Waals surface area contributed by atoms with Crippen molar-refractivity contribution in [2.45, 2.75) is 0 Å². The lowest BCUT2D eigenvalue weighted by molar-refractivity contribution is 0.343. The van der Waals surface area contributed by atoms with Crippen LogP contribution in [0.5, 0.6) is 11.5 Å². The molecular weight excluding hydrogens is 368 g/mol. The highest BCUT2D eigenvalue weighted by Crippen LogP contribution is 2.34. The summed E-state index contributed by atoms with van der Waals surface area (Å²) in [5.74, 6) is 1.78. The van der Waals surface area contributed by atoms with E-state index in [9.17, 15) is 0 Å². The molecule has 0 amide bonds. The Kier molecular flexibility index (Phi) is 5.05. The number of rotatable bonds is 5. The molecule has 1 heterocycles. The Morgan fingerprint density at radius 1 is 0.633 bits per heavy atom. The van der Waals surface area contributed by atoms with Crippen molar-refractivity contribution < 1.29 is 9.47 Å². The summed E-state index contributed by atoms with van der Waals surface area (Å²) in [6, 6.07) is 35.4. The van der Waals surface area contributed by atoms with Gasteiger partial charge in [-0.15, -0.1) is 0 Å². The van der Waals surface area contributed by atoms with Gasteiger partial charge in [0.05, 0.1) is 0 Å². The molecule has 1 aliphatic heterocycles. The van der Waals surface area contributed by atoms with E-state index in [1.165, 1.54) is 22.3 Å². The van der Waals surface area contributed by atoms with E-state index in [4.69, 9.17) is 9.47 Å². The maximum Gasteiger partial charge on any atom is 0.127 e. The average molecular weight is 390 g/mol. The molecule has 5 rings (SSSR count). The molecule has 0 unspecified atom stereocenters. The normalized spacial score (nSPS) is 12.5. The van der Waals surface area contributed by atoms with Crippen LogP contribution in [0.1, 0.15) is 5.56 Å². The fraction of sp³-hybridized carbons (Fsp3) is 0.0714. The van der Waals surface area contributed by atoms with Gasteiger partial charge in [0.15, 0.2) is 0 Å². The molecule has 0 N–H and O–H groups in total. The van der Waals surface area contributed by atoms with E-state index in [0.717, 1.165) is 22.6 Å². The Morgan fingerprint density at radius 2 is 1.23 bits per heavy atom. The second kappa shape index (κ2) is 8.30. The van der Waals surface area contributed by atoms with Crippen molar-refractivity contribution in [3.05, 3.63) is 115 Å². The molecule has 0 bridgehead atoms. The minimum absolute atomic E-state index is 0.513. The van der Waals surface area contributed by atoms with Crippen molar-refractivity contribution in [2.75, 3.05) is 13.2 Å². The lowest BCUT2D eigenvalue weighted by Gasteiger charge is -2.20. The van der Waals surface area contributed by atoms with Gasteiger partial charge in [-0.2, -0.15) is 0 Å². The van der Waals surface area contributed by atoms with Gasteiger partial charge < -0.3 is 9.47 Å². The van der Waals surface area contributed by atoms with Crippen LogP contribution >= 0.6 is 0 Å². The summed E-state index contributed by atoms with van der Waals surface area (Å²) in [4.78, 5) is 0. The standard InChI is InChI=1S/C28H22O2/c1-3-7-21(8-4-1)23-11-14-26(15-12-23)30-20-25-17-18-29-28-16-13-24(19-27(25)28)22-9-5-2-6-10-22/h1-17,19H,18,20H2. The van der Waals surface area contributed by atoms with E-state index in [2.05, 4.69) is 84.9 Å². The van der Waals surface area contributed by atoms with E-state index >= 15 is 0 Å². The van der Waals surface area contributed by atoms with Crippen LogP contribution in [0, 0.1) is 0 Å². The van der Waals surface area contributed by atoms with Crippen molar-refractivity contribution in [1.29, 1.82) is 0 Å². The molecule has 0 fully saturated rings. The molecule has 4 aromatic carbocycles. The predicted octanol–water partition coefficient (Wildman–Crippen LogP) is 6.88. The summed E-state index contributed by atoms with van der Waals surface area (Å²) < 4.78 is 11.9. The molecule has 0 radical (unpaired) electrons. The molecule has 1 aliphatic rings. The second-order valence-electron chi connectivity index (χ2n) is 7.30. The Bertz CT molecular complexity index is 1160. The minimum atomic E-state index is 0.513. The van der Waals surface area contributed by atoms with Gasteiger partial charge in [-0.1, -0.05) is 78.9 Å². The van der Waals surface area contributed by atoms with Crippen molar-refractivity contribution in [3.63, 3.8) is 0 Å². The molecule has 4 aromatic rings. The van der Waals surface area contributed by atoms with Crippen LogP contribution in [0.4, 0.5) is 0 Å². The molecular formula is C28H22O2. The van der Waals surface area contributed by atoms with Crippen LogP contribution < -0.4 is 9.47 Å². The van der Waals surface area contributed by atoms with Crippen LogP contribution in [0.2, 0.25) is 0 Å². The van der Waals surface area contributed by atoms with Gasteiger partial charge >= 0.3 is 0 Å². The van der Waals surface area contributed by atoms with Crippen LogP contribution in [0.25, 0.3) is 27.8 Å². The van der Waals surface area contributed by atoms with Gasteiger partial charge in [-0.3, -0.25) is 0 Å². The third-order valence-corrected chi connectivity index (χ3v) is 5.36. The summed E-state index contributed by atoms with van der Waals surface area (Å²) in [5, 5.41) is 0. The smallest absolute Gasteiger partial charge is 0.127 e. The number of hydrogen-bond donors (Lipinski definition) is 0. The molecule has 0 spiro atoms. The monoisotopic (exact) mass is 390 g/mol. The highest BCUT2D eigenvalue weighted by atomic mass is 16.5. The van der Waals surface area contributed by atoms with Crippen LogP contribution in [-0.2, 0) is 0 Å². The second-order valence-corrected chi connectivity index (χ2v) is 7.30. The van der Waals surface area contributed by atoms with E-state index in [-0.39, 0.29) is 0 Å². The molecule has 30 heavy (non-hydrogen) atoms. The first-order chi connectivity index (χ1) is 14.9. The lowest BCUT2D eigenvalue weighted by Crippen LogP contribution is -2.10. The maximum absolute atomic E-state index is 6.11. The van der Waals surface area contributed by atoms with E-state index in [0.29, 0.717) is 13.2 Å². The zero-order chi connectivity index (χ0) is 20.2. The Morgan fingerprint density at radius 3 is 1.93 bits per heavy atom. The van der Waals surface area contributed by atoms with Gasteiger partial charge in [0, 0.05) is 5.56 Å². The quantitative estimate of drug-likeness (QED) is 0.370. The first kappa shape index (κ1) is 18.3. The Balaban J connectivity index is 1.33. The van der Waals surface area contributed by atoms with E-state index < -0.39 is 0 Å². The third-order valence-electron chi connectivity index (χ3n) is 5.36. The fourth-order valence-corrected chi connectivity index (χ4v) is 3.73. The number of fused-ring (bicyclic) bond motifs is 1. The summed E-state index contributed by atoms with van der Waals surface area (Å²) in [7, 11) is 0. The average Bonchev–Trinajstić information content (AvgIpc) is 2.84. The summed E-state index contributed by atoms with van der Waals surface area (Å²) in [5.41, 5.74) is 7.02. The largest absolute Gasteiger partial charge is 0.489 e. The first-order valence-electron chi connectivity index (χ1n) is 10.2. The summed E-state index contributed by atoms with van der Waals surface area (Å²) in [6.45, 7) is 1.09. The molecule has 2 nitrogen and oxygen atoms in total. The minimum Gasteiger partial charge on any atom is -0.489 e.